The molecule has 6 heteroatoms. The summed E-state index contributed by atoms with van der Waals surface area (Å²) in [5.74, 6) is -2.08. The average molecular weight is 311 g/mol. The summed E-state index contributed by atoms with van der Waals surface area (Å²) < 4.78 is 29.1. The highest BCUT2D eigenvalue weighted by Crippen LogP contribution is 2.38. The molecule has 0 radical (unpaired) electrons. The van der Waals surface area contributed by atoms with Crippen LogP contribution in [0.5, 0.6) is 0 Å². The first kappa shape index (κ1) is 15.4. The molecule has 22 heavy (non-hydrogen) atoms. The van der Waals surface area contributed by atoms with E-state index in [0.29, 0.717) is 25.9 Å². The first-order valence-electron chi connectivity index (χ1n) is 8.10. The summed E-state index contributed by atoms with van der Waals surface area (Å²) in [5.41, 5.74) is 0. The average Bonchev–Trinajstić information content (AvgIpc) is 2.92. The summed E-state index contributed by atoms with van der Waals surface area (Å²) in [6.07, 6.45) is 6.25. The van der Waals surface area contributed by atoms with E-state index in [0.717, 1.165) is 18.7 Å². The Bertz CT molecular complexity index is 543. The van der Waals surface area contributed by atoms with Crippen molar-refractivity contribution in [3.63, 3.8) is 0 Å². The zero-order valence-electron chi connectivity index (χ0n) is 13.0. The topological polar surface area (TPSA) is 38.1 Å². The molecule has 1 saturated heterocycles. The molecular formula is C16H23F2N3O. The van der Waals surface area contributed by atoms with Gasteiger partial charge in [0.25, 0.3) is 0 Å². The van der Waals surface area contributed by atoms with Gasteiger partial charge in [-0.3, -0.25) is 4.79 Å². The Balaban J connectivity index is 1.67. The van der Waals surface area contributed by atoms with Crippen molar-refractivity contribution in [3.05, 3.63) is 18.2 Å². The molecule has 3 rings (SSSR count). The minimum atomic E-state index is -2.67. The summed E-state index contributed by atoms with van der Waals surface area (Å²) in [4.78, 5) is 18.8. The second-order valence-electron chi connectivity index (χ2n) is 6.67. The van der Waals surface area contributed by atoms with Gasteiger partial charge in [-0.1, -0.05) is 0 Å². The Morgan fingerprint density at radius 3 is 2.86 bits per heavy atom. The van der Waals surface area contributed by atoms with E-state index in [9.17, 15) is 13.6 Å². The first-order valence-corrected chi connectivity index (χ1v) is 8.10. The van der Waals surface area contributed by atoms with Gasteiger partial charge in [0.2, 0.25) is 11.8 Å². The third-order valence-electron chi connectivity index (χ3n) is 4.95. The number of aromatic nitrogens is 2. The van der Waals surface area contributed by atoms with E-state index in [1.807, 2.05) is 17.8 Å². The van der Waals surface area contributed by atoms with Crippen molar-refractivity contribution in [3.8, 4) is 0 Å². The van der Waals surface area contributed by atoms with Crippen molar-refractivity contribution in [2.75, 3.05) is 13.1 Å². The smallest absolute Gasteiger partial charge is 0.248 e. The first-order chi connectivity index (χ1) is 10.5. The number of likely N-dealkylation sites (tertiary alicyclic amines) is 1. The molecule has 122 valence electrons. The van der Waals surface area contributed by atoms with Crippen LogP contribution in [0, 0.1) is 5.92 Å². The second kappa shape index (κ2) is 5.97. The van der Waals surface area contributed by atoms with Crippen molar-refractivity contribution >= 4 is 5.91 Å². The van der Waals surface area contributed by atoms with Crippen LogP contribution in [0.2, 0.25) is 0 Å². The molecule has 2 heterocycles. The maximum Gasteiger partial charge on any atom is 0.248 e. The van der Waals surface area contributed by atoms with Crippen molar-refractivity contribution < 1.29 is 13.6 Å². The molecule has 1 aromatic heterocycles. The number of alkyl halides is 2. The summed E-state index contributed by atoms with van der Waals surface area (Å²) >= 11 is 0. The number of imidazole rings is 1. The molecule has 1 amide bonds. The van der Waals surface area contributed by atoms with E-state index >= 15 is 0 Å². The van der Waals surface area contributed by atoms with Crippen LogP contribution >= 0.6 is 0 Å². The number of amides is 1. The summed E-state index contributed by atoms with van der Waals surface area (Å²) in [5, 5.41) is 0. The zero-order valence-corrected chi connectivity index (χ0v) is 13.0. The second-order valence-corrected chi connectivity index (χ2v) is 6.67. The zero-order chi connectivity index (χ0) is 15.7. The van der Waals surface area contributed by atoms with Gasteiger partial charge >= 0.3 is 0 Å². The number of nitrogens with zero attached hydrogens (tertiary/aromatic N) is 3. The number of rotatable bonds is 2. The fourth-order valence-corrected chi connectivity index (χ4v) is 3.80. The third kappa shape index (κ3) is 3.15. The molecule has 2 aliphatic rings. The fourth-order valence-electron chi connectivity index (χ4n) is 3.80. The van der Waals surface area contributed by atoms with E-state index < -0.39 is 11.8 Å². The van der Waals surface area contributed by atoms with Gasteiger partial charge in [-0.25, -0.2) is 13.8 Å². The van der Waals surface area contributed by atoms with Gasteiger partial charge in [0.15, 0.2) is 0 Å². The van der Waals surface area contributed by atoms with Crippen LogP contribution in [0.15, 0.2) is 12.4 Å². The number of carbonyl (C=O) groups excluding carboxylic acids is 1. The van der Waals surface area contributed by atoms with Crippen LogP contribution < -0.4 is 0 Å². The monoisotopic (exact) mass is 311 g/mol. The lowest BCUT2D eigenvalue weighted by Crippen LogP contribution is -2.45. The molecule has 2 fully saturated rings. The molecule has 1 aromatic rings. The van der Waals surface area contributed by atoms with Crippen molar-refractivity contribution in [1.82, 2.24) is 14.5 Å². The van der Waals surface area contributed by atoms with Gasteiger partial charge in [-0.15, -0.1) is 0 Å². The molecule has 4 nitrogen and oxygen atoms in total. The van der Waals surface area contributed by atoms with E-state index in [4.69, 9.17) is 0 Å². The highest BCUT2D eigenvalue weighted by Gasteiger charge is 2.41. The molecule has 0 unspecified atom stereocenters. The Morgan fingerprint density at radius 1 is 1.36 bits per heavy atom. The largest absolute Gasteiger partial charge is 0.342 e. The molecular weight excluding hydrogens is 288 g/mol. The molecule has 0 N–H and O–H groups in total. The van der Waals surface area contributed by atoms with Crippen LogP contribution in [-0.2, 0) is 11.8 Å². The normalized spacial score (nSPS) is 28.6. The van der Waals surface area contributed by atoms with E-state index in [2.05, 4.69) is 4.98 Å². The number of hydrogen-bond donors (Lipinski definition) is 0. The number of aryl methyl sites for hydroxylation is 1. The molecule has 1 saturated carbocycles. The maximum absolute atomic E-state index is 13.6. The standard InChI is InChI=1S/C16H23F2N3O/c1-20-9-7-19-14(20)13-5-3-8-21(11-13)15(22)12-4-2-6-16(17,18)10-12/h7,9,12-13H,2-6,8,10-11H2,1H3/t12-,13+/m0/s1. The Labute approximate surface area is 129 Å². The van der Waals surface area contributed by atoms with Crippen LogP contribution in [0.4, 0.5) is 8.78 Å². The molecule has 1 aliphatic carbocycles. The van der Waals surface area contributed by atoms with Gasteiger partial charge in [-0.2, -0.15) is 0 Å². The number of hydrogen-bond acceptors (Lipinski definition) is 2. The van der Waals surface area contributed by atoms with E-state index in [-0.39, 0.29) is 24.7 Å². The SMILES string of the molecule is Cn1ccnc1[C@@H]1CCCN(C(=O)[C@H]2CCCC(F)(F)C2)C1. The highest BCUT2D eigenvalue weighted by molar-refractivity contribution is 5.79. The van der Waals surface area contributed by atoms with Crippen LogP contribution in [0.1, 0.15) is 50.3 Å². The van der Waals surface area contributed by atoms with Crippen molar-refractivity contribution in [2.45, 2.75) is 50.4 Å². The van der Waals surface area contributed by atoms with E-state index in [1.165, 1.54) is 0 Å². The lowest BCUT2D eigenvalue weighted by Gasteiger charge is -2.37. The van der Waals surface area contributed by atoms with Gasteiger partial charge in [0.1, 0.15) is 5.82 Å². The predicted octanol–water partition coefficient (Wildman–Crippen LogP) is 2.95. The van der Waals surface area contributed by atoms with Crippen LogP contribution in [0.25, 0.3) is 0 Å². The van der Waals surface area contributed by atoms with Crippen molar-refractivity contribution in [1.29, 1.82) is 0 Å². The lowest BCUT2D eigenvalue weighted by molar-refractivity contribution is -0.143. The Hall–Kier alpha value is -1.46. The molecule has 0 bridgehead atoms. The molecule has 0 aromatic carbocycles. The predicted molar refractivity (Wildman–Crippen MR) is 78.7 cm³/mol. The molecule has 2 atom stereocenters. The third-order valence-corrected chi connectivity index (χ3v) is 4.95. The number of piperidine rings is 1. The molecule has 1 aliphatic heterocycles. The van der Waals surface area contributed by atoms with Crippen molar-refractivity contribution in [2.24, 2.45) is 13.0 Å². The summed E-state index contributed by atoms with van der Waals surface area (Å²) in [7, 11) is 1.95. The summed E-state index contributed by atoms with van der Waals surface area (Å²) in [6, 6.07) is 0. The van der Waals surface area contributed by atoms with Crippen LogP contribution in [-0.4, -0.2) is 39.4 Å². The van der Waals surface area contributed by atoms with Gasteiger partial charge < -0.3 is 9.47 Å². The highest BCUT2D eigenvalue weighted by atomic mass is 19.3. The van der Waals surface area contributed by atoms with E-state index in [1.54, 1.807) is 11.1 Å². The minimum absolute atomic E-state index is 0.0767. The van der Waals surface area contributed by atoms with Gasteiger partial charge in [-0.05, 0) is 25.7 Å². The fraction of sp³-hybridized carbons (Fsp3) is 0.750. The molecule has 0 spiro atoms. The quantitative estimate of drug-likeness (QED) is 0.842. The number of carbonyl (C=O) groups is 1. The minimum Gasteiger partial charge on any atom is -0.342 e. The Kier molecular flexibility index (Phi) is 4.19. The van der Waals surface area contributed by atoms with Gasteiger partial charge in [0.05, 0.1) is 0 Å². The maximum atomic E-state index is 13.6. The Morgan fingerprint density at radius 2 is 2.18 bits per heavy atom. The number of halogens is 2. The lowest BCUT2D eigenvalue weighted by atomic mass is 9.84. The summed E-state index contributed by atoms with van der Waals surface area (Å²) in [6.45, 7) is 1.29. The van der Waals surface area contributed by atoms with Gasteiger partial charge in [0, 0.05) is 57.2 Å². The van der Waals surface area contributed by atoms with Crippen LogP contribution in [0.3, 0.4) is 0 Å².